The quantitative estimate of drug-likeness (QED) is 0.556. The van der Waals surface area contributed by atoms with Gasteiger partial charge in [-0.05, 0) is 47.9 Å². The highest BCUT2D eigenvalue weighted by Crippen LogP contribution is 2.23. The first-order valence-electron chi connectivity index (χ1n) is 9.61. The summed E-state index contributed by atoms with van der Waals surface area (Å²) in [5.74, 6) is 1.57. The number of hydrogen-bond donors (Lipinski definition) is 1. The molecule has 0 saturated heterocycles. The van der Waals surface area contributed by atoms with Gasteiger partial charge in [-0.1, -0.05) is 42.5 Å². The van der Waals surface area contributed by atoms with Gasteiger partial charge < -0.3 is 14.6 Å². The first kappa shape index (κ1) is 16.8. The minimum Gasteiger partial charge on any atom is -0.486 e. The number of nitrogens with one attached hydrogen (secondary N) is 1. The molecule has 1 aromatic heterocycles. The number of ether oxygens (including phenoxy) is 1. The molecule has 0 bridgehead atoms. The van der Waals surface area contributed by atoms with Crippen LogP contribution in [0.15, 0.2) is 66.7 Å². The minimum atomic E-state index is 0.0256. The topological polar surface area (TPSA) is 56.2 Å². The number of amides is 1. The predicted molar refractivity (Wildman–Crippen MR) is 109 cm³/mol. The number of aromatic nitrogens is 2. The molecule has 0 atom stereocenters. The van der Waals surface area contributed by atoms with Gasteiger partial charge >= 0.3 is 0 Å². The second-order valence-electron chi connectivity index (χ2n) is 7.24. The lowest BCUT2D eigenvalue weighted by atomic mass is 10.1. The highest BCUT2D eigenvalue weighted by molar-refractivity contribution is 5.84. The number of imidazole rings is 1. The van der Waals surface area contributed by atoms with Crippen molar-refractivity contribution in [1.29, 1.82) is 0 Å². The van der Waals surface area contributed by atoms with Gasteiger partial charge in [0.25, 0.3) is 0 Å². The van der Waals surface area contributed by atoms with E-state index in [-0.39, 0.29) is 12.5 Å². The maximum absolute atomic E-state index is 12.4. The zero-order chi connectivity index (χ0) is 18.9. The molecule has 140 valence electrons. The highest BCUT2D eigenvalue weighted by Gasteiger charge is 2.24. The van der Waals surface area contributed by atoms with Gasteiger partial charge in [0.2, 0.25) is 5.91 Å². The van der Waals surface area contributed by atoms with Gasteiger partial charge in [0.1, 0.15) is 24.7 Å². The van der Waals surface area contributed by atoms with E-state index in [0.29, 0.717) is 12.6 Å². The molecule has 1 aliphatic carbocycles. The Morgan fingerprint density at radius 3 is 2.68 bits per heavy atom. The van der Waals surface area contributed by atoms with Crippen LogP contribution < -0.4 is 10.1 Å². The molecule has 0 spiro atoms. The van der Waals surface area contributed by atoms with Crippen molar-refractivity contribution in [2.45, 2.75) is 32.0 Å². The lowest BCUT2D eigenvalue weighted by Gasteiger charge is -2.11. The lowest BCUT2D eigenvalue weighted by molar-refractivity contribution is -0.121. The predicted octanol–water partition coefficient (Wildman–Crippen LogP) is 4.05. The molecule has 0 radical (unpaired) electrons. The standard InChI is InChI=1S/C23H21N3O2/c27-23(24-18-10-11-18)14-26-21-8-4-3-7-20(21)25-22(26)15-28-19-12-9-16-5-1-2-6-17(16)13-19/h1-9,12-13,18H,10-11,14-15H2,(H,24,27). The second kappa shape index (κ2) is 7.00. The van der Waals surface area contributed by atoms with Crippen LogP contribution in [-0.4, -0.2) is 21.5 Å². The number of carbonyl (C=O) groups is 1. The summed E-state index contributed by atoms with van der Waals surface area (Å²) < 4.78 is 7.98. The Bertz CT molecular complexity index is 1160. The molecule has 1 amide bonds. The lowest BCUT2D eigenvalue weighted by Crippen LogP contribution is -2.30. The molecular weight excluding hydrogens is 350 g/mol. The van der Waals surface area contributed by atoms with Gasteiger partial charge in [0, 0.05) is 6.04 Å². The van der Waals surface area contributed by atoms with E-state index in [9.17, 15) is 4.79 Å². The Hall–Kier alpha value is -3.34. The zero-order valence-corrected chi connectivity index (χ0v) is 15.5. The maximum Gasteiger partial charge on any atom is 0.240 e. The summed E-state index contributed by atoms with van der Waals surface area (Å²) >= 11 is 0. The van der Waals surface area contributed by atoms with E-state index in [0.717, 1.165) is 40.8 Å². The second-order valence-corrected chi connectivity index (χ2v) is 7.24. The van der Waals surface area contributed by atoms with Crippen LogP contribution in [0.5, 0.6) is 5.75 Å². The van der Waals surface area contributed by atoms with Crippen molar-refractivity contribution in [2.75, 3.05) is 0 Å². The Labute approximate surface area is 162 Å². The molecule has 5 rings (SSSR count). The summed E-state index contributed by atoms with van der Waals surface area (Å²) in [7, 11) is 0. The average molecular weight is 371 g/mol. The number of nitrogens with zero attached hydrogens (tertiary/aromatic N) is 2. The van der Waals surface area contributed by atoms with E-state index in [1.165, 1.54) is 5.39 Å². The summed E-state index contributed by atoms with van der Waals surface area (Å²) in [6.07, 6.45) is 2.16. The summed E-state index contributed by atoms with van der Waals surface area (Å²) in [6, 6.07) is 22.5. The van der Waals surface area contributed by atoms with E-state index in [4.69, 9.17) is 9.72 Å². The van der Waals surface area contributed by atoms with Crippen molar-refractivity contribution in [1.82, 2.24) is 14.9 Å². The zero-order valence-electron chi connectivity index (χ0n) is 15.5. The van der Waals surface area contributed by atoms with Crippen LogP contribution in [0.4, 0.5) is 0 Å². The Morgan fingerprint density at radius 1 is 1.04 bits per heavy atom. The van der Waals surface area contributed by atoms with Crippen molar-refractivity contribution in [3.63, 3.8) is 0 Å². The van der Waals surface area contributed by atoms with Crippen molar-refractivity contribution >= 4 is 27.7 Å². The molecule has 3 aromatic carbocycles. The smallest absolute Gasteiger partial charge is 0.240 e. The Kier molecular flexibility index (Phi) is 4.20. The van der Waals surface area contributed by atoms with E-state index >= 15 is 0 Å². The van der Waals surface area contributed by atoms with Crippen LogP contribution in [0.3, 0.4) is 0 Å². The van der Waals surface area contributed by atoms with E-state index < -0.39 is 0 Å². The Balaban J connectivity index is 1.40. The van der Waals surface area contributed by atoms with E-state index in [2.05, 4.69) is 23.5 Å². The molecule has 4 aromatic rings. The fourth-order valence-electron chi connectivity index (χ4n) is 3.46. The maximum atomic E-state index is 12.4. The van der Waals surface area contributed by atoms with Crippen LogP contribution in [0.25, 0.3) is 21.8 Å². The van der Waals surface area contributed by atoms with Gasteiger partial charge in [-0.25, -0.2) is 4.98 Å². The first-order chi connectivity index (χ1) is 13.8. The molecule has 5 heteroatoms. The molecule has 0 unspecified atom stereocenters. The number of hydrogen-bond acceptors (Lipinski definition) is 3. The molecule has 28 heavy (non-hydrogen) atoms. The molecule has 1 N–H and O–H groups in total. The van der Waals surface area contributed by atoms with Crippen LogP contribution >= 0.6 is 0 Å². The Morgan fingerprint density at radius 2 is 1.82 bits per heavy atom. The average Bonchev–Trinajstić information content (AvgIpc) is 3.47. The third-order valence-electron chi connectivity index (χ3n) is 5.07. The van der Waals surface area contributed by atoms with Crippen LogP contribution in [0.1, 0.15) is 18.7 Å². The molecule has 1 aliphatic rings. The third kappa shape index (κ3) is 3.43. The fraction of sp³-hybridized carbons (Fsp3) is 0.217. The molecule has 0 aliphatic heterocycles. The normalized spacial score (nSPS) is 13.7. The van der Waals surface area contributed by atoms with Crippen molar-refractivity contribution in [3.05, 3.63) is 72.6 Å². The van der Waals surface area contributed by atoms with Gasteiger partial charge in [0.05, 0.1) is 11.0 Å². The number of para-hydroxylation sites is 2. The SMILES string of the molecule is O=C(Cn1c(COc2ccc3ccccc3c2)nc2ccccc21)NC1CC1. The van der Waals surface area contributed by atoms with Crippen LogP contribution in [0.2, 0.25) is 0 Å². The van der Waals surface area contributed by atoms with Crippen LogP contribution in [0, 0.1) is 0 Å². The van der Waals surface area contributed by atoms with Gasteiger partial charge in [-0.2, -0.15) is 0 Å². The number of fused-ring (bicyclic) bond motifs is 2. The highest BCUT2D eigenvalue weighted by atomic mass is 16.5. The van der Waals surface area contributed by atoms with Gasteiger partial charge in [-0.15, -0.1) is 0 Å². The van der Waals surface area contributed by atoms with Gasteiger partial charge in [0.15, 0.2) is 0 Å². The molecule has 1 saturated carbocycles. The fourth-order valence-corrected chi connectivity index (χ4v) is 3.46. The number of carbonyl (C=O) groups excluding carboxylic acids is 1. The number of benzene rings is 3. The first-order valence-corrected chi connectivity index (χ1v) is 9.61. The van der Waals surface area contributed by atoms with Crippen LogP contribution in [-0.2, 0) is 17.9 Å². The third-order valence-corrected chi connectivity index (χ3v) is 5.07. The molecule has 1 fully saturated rings. The summed E-state index contributed by atoms with van der Waals surface area (Å²) in [5, 5.41) is 5.37. The van der Waals surface area contributed by atoms with E-state index in [1.807, 2.05) is 53.1 Å². The largest absolute Gasteiger partial charge is 0.486 e. The summed E-state index contributed by atoms with van der Waals surface area (Å²) in [6.45, 7) is 0.567. The van der Waals surface area contributed by atoms with E-state index in [1.54, 1.807) is 0 Å². The van der Waals surface area contributed by atoms with Crippen molar-refractivity contribution in [2.24, 2.45) is 0 Å². The van der Waals surface area contributed by atoms with Gasteiger partial charge in [-0.3, -0.25) is 4.79 Å². The minimum absolute atomic E-state index is 0.0256. The summed E-state index contributed by atoms with van der Waals surface area (Å²) in [4.78, 5) is 17.1. The molecular formula is C23H21N3O2. The summed E-state index contributed by atoms with van der Waals surface area (Å²) in [5.41, 5.74) is 1.82. The molecule has 1 heterocycles. The monoisotopic (exact) mass is 371 g/mol. The van der Waals surface area contributed by atoms with Crippen molar-refractivity contribution < 1.29 is 9.53 Å². The molecule has 5 nitrogen and oxygen atoms in total. The van der Waals surface area contributed by atoms with Crippen molar-refractivity contribution in [3.8, 4) is 5.75 Å². The number of rotatable bonds is 6.